The maximum Gasteiger partial charge on any atom is 0.248 e. The van der Waals surface area contributed by atoms with Gasteiger partial charge in [-0.15, -0.1) is 0 Å². The molecule has 0 aliphatic heterocycles. The van der Waals surface area contributed by atoms with Gasteiger partial charge < -0.3 is 4.98 Å². The maximum absolute atomic E-state index is 12.5. The van der Waals surface area contributed by atoms with Crippen LogP contribution in [0.1, 0.15) is 36.9 Å². The van der Waals surface area contributed by atoms with Gasteiger partial charge in [-0.3, -0.25) is 14.9 Å². The van der Waals surface area contributed by atoms with E-state index in [1.807, 2.05) is 61.5 Å². The minimum Gasteiger partial charge on any atom is -0.322 e. The van der Waals surface area contributed by atoms with E-state index in [0.717, 1.165) is 28.5 Å². The SMILES string of the molecule is CCCC(=O)[C@H](NCc1ccc2[nH]c(=O)ccc2c1)c1ccccc1. The lowest BCUT2D eigenvalue weighted by Crippen LogP contribution is -2.28. The van der Waals surface area contributed by atoms with Crippen LogP contribution in [0, 0.1) is 0 Å². The number of nitrogens with one attached hydrogen (secondary N) is 2. The smallest absolute Gasteiger partial charge is 0.248 e. The van der Waals surface area contributed by atoms with E-state index < -0.39 is 0 Å². The third-order valence-electron chi connectivity index (χ3n) is 4.25. The quantitative estimate of drug-likeness (QED) is 0.692. The average Bonchev–Trinajstić information content (AvgIpc) is 2.63. The van der Waals surface area contributed by atoms with Crippen molar-refractivity contribution < 1.29 is 4.79 Å². The Morgan fingerprint density at radius 3 is 2.64 bits per heavy atom. The van der Waals surface area contributed by atoms with Gasteiger partial charge >= 0.3 is 0 Å². The van der Waals surface area contributed by atoms with Gasteiger partial charge in [0.2, 0.25) is 5.56 Å². The summed E-state index contributed by atoms with van der Waals surface area (Å²) in [6, 6.07) is 18.8. The average molecular weight is 334 g/mol. The lowest BCUT2D eigenvalue weighted by molar-refractivity contribution is -0.121. The first kappa shape index (κ1) is 17.1. The number of Topliss-reactive ketones (excluding diaryl/α,β-unsaturated/α-hetero) is 1. The summed E-state index contributed by atoms with van der Waals surface area (Å²) < 4.78 is 0. The number of benzene rings is 2. The summed E-state index contributed by atoms with van der Waals surface area (Å²) in [5.41, 5.74) is 2.78. The molecule has 0 bridgehead atoms. The third kappa shape index (κ3) is 4.22. The molecule has 3 rings (SSSR count). The molecule has 0 fully saturated rings. The number of hydrogen-bond donors (Lipinski definition) is 2. The first-order chi connectivity index (χ1) is 12.2. The minimum absolute atomic E-state index is 0.104. The van der Waals surface area contributed by atoms with Crippen molar-refractivity contribution in [3.63, 3.8) is 0 Å². The van der Waals surface area contributed by atoms with E-state index in [9.17, 15) is 9.59 Å². The molecule has 2 aromatic carbocycles. The topological polar surface area (TPSA) is 62.0 Å². The second-order valence-corrected chi connectivity index (χ2v) is 6.19. The number of pyridine rings is 1. The van der Waals surface area contributed by atoms with Gasteiger partial charge in [0.1, 0.15) is 0 Å². The molecule has 0 spiro atoms. The molecule has 0 unspecified atom stereocenters. The Bertz CT molecular complexity index is 916. The molecule has 0 amide bonds. The van der Waals surface area contributed by atoms with E-state index >= 15 is 0 Å². The molecule has 25 heavy (non-hydrogen) atoms. The highest BCUT2D eigenvalue weighted by atomic mass is 16.1. The fourth-order valence-electron chi connectivity index (χ4n) is 2.99. The normalized spacial score (nSPS) is 12.2. The maximum atomic E-state index is 12.5. The number of carbonyl (C=O) groups excluding carboxylic acids is 1. The van der Waals surface area contributed by atoms with Crippen LogP contribution in [0.5, 0.6) is 0 Å². The Hall–Kier alpha value is -2.72. The zero-order valence-electron chi connectivity index (χ0n) is 14.3. The summed E-state index contributed by atoms with van der Waals surface area (Å²) in [6.07, 6.45) is 1.40. The molecule has 3 aromatic rings. The summed E-state index contributed by atoms with van der Waals surface area (Å²) >= 11 is 0. The molecular weight excluding hydrogens is 312 g/mol. The summed E-state index contributed by atoms with van der Waals surface area (Å²) in [5.74, 6) is 0.207. The second kappa shape index (κ2) is 7.90. The number of aromatic nitrogens is 1. The van der Waals surface area contributed by atoms with Gasteiger partial charge in [0.05, 0.1) is 6.04 Å². The van der Waals surface area contributed by atoms with E-state index in [-0.39, 0.29) is 17.4 Å². The Kier molecular flexibility index (Phi) is 5.41. The Labute approximate surface area is 146 Å². The molecule has 0 saturated heterocycles. The monoisotopic (exact) mass is 334 g/mol. The van der Waals surface area contributed by atoms with Crippen LogP contribution in [-0.4, -0.2) is 10.8 Å². The Morgan fingerprint density at radius 2 is 1.88 bits per heavy atom. The van der Waals surface area contributed by atoms with E-state index in [1.54, 1.807) is 0 Å². The molecule has 1 aromatic heterocycles. The van der Waals surface area contributed by atoms with Crippen LogP contribution in [0.25, 0.3) is 10.9 Å². The van der Waals surface area contributed by atoms with Crippen molar-refractivity contribution in [2.45, 2.75) is 32.4 Å². The number of hydrogen-bond acceptors (Lipinski definition) is 3. The third-order valence-corrected chi connectivity index (χ3v) is 4.25. The number of fused-ring (bicyclic) bond motifs is 1. The van der Waals surface area contributed by atoms with Crippen molar-refractivity contribution in [2.24, 2.45) is 0 Å². The number of aromatic amines is 1. The Morgan fingerprint density at radius 1 is 1.08 bits per heavy atom. The van der Waals surface area contributed by atoms with Crippen LogP contribution < -0.4 is 10.9 Å². The second-order valence-electron chi connectivity index (χ2n) is 6.19. The van der Waals surface area contributed by atoms with E-state index in [0.29, 0.717) is 13.0 Å². The molecular formula is C21H22N2O2. The fourth-order valence-corrected chi connectivity index (χ4v) is 2.99. The summed E-state index contributed by atoms with van der Waals surface area (Å²) in [4.78, 5) is 26.7. The van der Waals surface area contributed by atoms with Crippen molar-refractivity contribution >= 4 is 16.7 Å². The number of ketones is 1. The van der Waals surface area contributed by atoms with Gasteiger partial charge in [-0.25, -0.2) is 0 Å². The van der Waals surface area contributed by atoms with Gasteiger partial charge in [0, 0.05) is 24.5 Å². The fraction of sp³-hybridized carbons (Fsp3) is 0.238. The molecule has 1 heterocycles. The van der Waals surface area contributed by atoms with E-state index in [4.69, 9.17) is 0 Å². The van der Waals surface area contributed by atoms with Crippen LogP contribution in [0.15, 0.2) is 65.5 Å². The van der Waals surface area contributed by atoms with Crippen LogP contribution >= 0.6 is 0 Å². The summed E-state index contributed by atoms with van der Waals surface area (Å²) in [6.45, 7) is 2.61. The first-order valence-electron chi connectivity index (χ1n) is 8.60. The molecule has 4 nitrogen and oxygen atoms in total. The highest BCUT2D eigenvalue weighted by Crippen LogP contribution is 2.18. The first-order valence-corrected chi connectivity index (χ1v) is 8.60. The van der Waals surface area contributed by atoms with Gasteiger partial charge in [0.25, 0.3) is 0 Å². The Balaban J connectivity index is 1.79. The lowest BCUT2D eigenvalue weighted by Gasteiger charge is -2.18. The summed E-state index contributed by atoms with van der Waals surface area (Å²) in [5, 5.41) is 4.37. The molecule has 2 N–H and O–H groups in total. The van der Waals surface area contributed by atoms with Crippen molar-refractivity contribution in [1.82, 2.24) is 10.3 Å². The van der Waals surface area contributed by atoms with Gasteiger partial charge in [-0.1, -0.05) is 43.3 Å². The molecule has 0 aliphatic rings. The molecule has 0 radical (unpaired) electrons. The van der Waals surface area contributed by atoms with E-state index in [2.05, 4.69) is 10.3 Å². The molecule has 1 atom stereocenters. The van der Waals surface area contributed by atoms with Crippen molar-refractivity contribution in [3.05, 3.63) is 82.1 Å². The predicted molar refractivity (Wildman–Crippen MR) is 101 cm³/mol. The highest BCUT2D eigenvalue weighted by Gasteiger charge is 2.18. The van der Waals surface area contributed by atoms with Crippen molar-refractivity contribution in [3.8, 4) is 0 Å². The molecule has 0 saturated carbocycles. The predicted octanol–water partition coefficient (Wildman–Crippen LogP) is 3.73. The summed E-state index contributed by atoms with van der Waals surface area (Å²) in [7, 11) is 0. The highest BCUT2D eigenvalue weighted by molar-refractivity contribution is 5.85. The van der Waals surface area contributed by atoms with Gasteiger partial charge in [-0.05, 0) is 41.1 Å². The number of rotatable bonds is 7. The van der Waals surface area contributed by atoms with Crippen LogP contribution in [0.3, 0.4) is 0 Å². The van der Waals surface area contributed by atoms with Crippen LogP contribution in [0.4, 0.5) is 0 Å². The van der Waals surface area contributed by atoms with E-state index in [1.165, 1.54) is 6.07 Å². The van der Waals surface area contributed by atoms with Crippen LogP contribution in [0.2, 0.25) is 0 Å². The standard InChI is InChI=1S/C21H22N2O2/c1-2-6-19(24)21(16-7-4-3-5-8-16)22-14-15-9-11-18-17(13-15)10-12-20(25)23-18/h3-5,7-13,21-22H,2,6,14H2,1H3,(H,23,25)/t21-/m1/s1. The van der Waals surface area contributed by atoms with Gasteiger partial charge in [-0.2, -0.15) is 0 Å². The largest absolute Gasteiger partial charge is 0.322 e. The van der Waals surface area contributed by atoms with Gasteiger partial charge in [0.15, 0.2) is 5.78 Å². The lowest BCUT2D eigenvalue weighted by atomic mass is 9.99. The number of H-pyrrole nitrogens is 1. The molecule has 4 heteroatoms. The zero-order chi connectivity index (χ0) is 17.6. The molecule has 128 valence electrons. The minimum atomic E-state index is -0.299. The van der Waals surface area contributed by atoms with Crippen molar-refractivity contribution in [1.29, 1.82) is 0 Å². The van der Waals surface area contributed by atoms with Crippen LogP contribution in [-0.2, 0) is 11.3 Å². The zero-order valence-corrected chi connectivity index (χ0v) is 14.3. The molecule has 0 aliphatic carbocycles. The van der Waals surface area contributed by atoms with Crippen molar-refractivity contribution in [2.75, 3.05) is 0 Å². The number of carbonyl (C=O) groups is 1.